The van der Waals surface area contributed by atoms with Crippen LogP contribution in [0.15, 0.2) is 24.3 Å². The van der Waals surface area contributed by atoms with Gasteiger partial charge in [0.25, 0.3) is 0 Å². The molecule has 0 fully saturated rings. The molecule has 1 aromatic rings. The molecular weight excluding hydrogens is 324 g/mol. The van der Waals surface area contributed by atoms with Crippen molar-refractivity contribution in [1.82, 2.24) is 10.2 Å². The molecular formula is C15H23ClN2O3S. The number of nitrogens with zero attached hydrogens (tertiary/aromatic N) is 1. The van der Waals surface area contributed by atoms with Crippen LogP contribution in [0.25, 0.3) is 0 Å². The number of hydrogen-bond donors (Lipinski definition) is 1. The van der Waals surface area contributed by atoms with E-state index in [4.69, 9.17) is 11.6 Å². The van der Waals surface area contributed by atoms with Gasteiger partial charge in [0, 0.05) is 24.9 Å². The highest BCUT2D eigenvalue weighted by molar-refractivity contribution is 7.92. The first-order chi connectivity index (χ1) is 9.95. The van der Waals surface area contributed by atoms with Crippen molar-refractivity contribution in [1.29, 1.82) is 0 Å². The third kappa shape index (κ3) is 4.61. The summed E-state index contributed by atoms with van der Waals surface area (Å²) in [6.07, 6.45) is 1.16. The molecule has 1 aromatic carbocycles. The highest BCUT2D eigenvalue weighted by Crippen LogP contribution is 2.22. The predicted molar refractivity (Wildman–Crippen MR) is 90.0 cm³/mol. The van der Waals surface area contributed by atoms with Crippen molar-refractivity contribution in [2.24, 2.45) is 0 Å². The molecule has 0 unspecified atom stereocenters. The maximum atomic E-state index is 12.2. The molecule has 22 heavy (non-hydrogen) atoms. The summed E-state index contributed by atoms with van der Waals surface area (Å²) in [7, 11) is -1.59. The molecule has 124 valence electrons. The summed E-state index contributed by atoms with van der Waals surface area (Å²) in [5.41, 5.74) is 0.910. The fourth-order valence-corrected chi connectivity index (χ4v) is 2.24. The van der Waals surface area contributed by atoms with Crippen molar-refractivity contribution in [2.75, 3.05) is 19.8 Å². The average molecular weight is 347 g/mol. The zero-order chi connectivity index (χ0) is 17.1. The lowest BCUT2D eigenvalue weighted by Gasteiger charge is -2.28. The van der Waals surface area contributed by atoms with E-state index in [1.54, 1.807) is 33.0 Å². The van der Waals surface area contributed by atoms with E-state index < -0.39 is 14.6 Å². The van der Waals surface area contributed by atoms with Gasteiger partial charge in [0.1, 0.15) is 0 Å². The van der Waals surface area contributed by atoms with Crippen molar-refractivity contribution in [3.8, 4) is 0 Å². The van der Waals surface area contributed by atoms with E-state index in [0.29, 0.717) is 5.02 Å². The van der Waals surface area contributed by atoms with Gasteiger partial charge in [0.05, 0.1) is 10.8 Å². The number of urea groups is 1. The predicted octanol–water partition coefficient (Wildman–Crippen LogP) is 2.87. The standard InChI is InChI=1S/C15H23ClN2O3S/c1-11(12-7-6-8-13(16)9-12)18(4)14(19)17-10-15(2,3)22(5,20)21/h6-9,11H,10H2,1-5H3,(H,17,19)/t11-/m0/s1. The molecule has 0 bridgehead atoms. The fourth-order valence-electron chi connectivity index (χ4n) is 1.71. The number of halogens is 1. The molecule has 1 rings (SSSR count). The number of nitrogens with one attached hydrogen (secondary N) is 1. The van der Waals surface area contributed by atoms with Crippen LogP contribution in [0.4, 0.5) is 4.79 Å². The van der Waals surface area contributed by atoms with E-state index >= 15 is 0 Å². The molecule has 5 nitrogen and oxygen atoms in total. The Bertz CT molecular complexity index is 644. The van der Waals surface area contributed by atoms with Crippen LogP contribution >= 0.6 is 11.6 Å². The molecule has 0 aliphatic carbocycles. The van der Waals surface area contributed by atoms with E-state index in [-0.39, 0.29) is 18.6 Å². The largest absolute Gasteiger partial charge is 0.336 e. The Morgan fingerprint density at radius 1 is 1.41 bits per heavy atom. The minimum atomic E-state index is -3.25. The molecule has 0 saturated carbocycles. The lowest BCUT2D eigenvalue weighted by atomic mass is 10.1. The third-order valence-corrected chi connectivity index (χ3v) is 6.29. The lowest BCUT2D eigenvalue weighted by Crippen LogP contribution is -2.47. The summed E-state index contributed by atoms with van der Waals surface area (Å²) in [4.78, 5) is 13.7. The second-order valence-corrected chi connectivity index (χ2v) is 9.12. The number of rotatable bonds is 5. The van der Waals surface area contributed by atoms with Gasteiger partial charge in [-0.2, -0.15) is 0 Å². The molecule has 1 atom stereocenters. The second kappa shape index (κ2) is 6.87. The first-order valence-electron chi connectivity index (χ1n) is 6.91. The van der Waals surface area contributed by atoms with Crippen LogP contribution in [0.1, 0.15) is 32.4 Å². The minimum Gasteiger partial charge on any atom is -0.336 e. The first-order valence-corrected chi connectivity index (χ1v) is 9.18. The van der Waals surface area contributed by atoms with Crippen LogP contribution in [0.3, 0.4) is 0 Å². The quantitative estimate of drug-likeness (QED) is 0.891. The molecule has 0 aromatic heterocycles. The Hall–Kier alpha value is -1.27. The number of hydrogen-bond acceptors (Lipinski definition) is 3. The summed E-state index contributed by atoms with van der Waals surface area (Å²) < 4.78 is 22.3. The molecule has 0 aliphatic rings. The van der Waals surface area contributed by atoms with Gasteiger partial charge in [-0.15, -0.1) is 0 Å². The van der Waals surface area contributed by atoms with Gasteiger partial charge in [0.15, 0.2) is 9.84 Å². The van der Waals surface area contributed by atoms with Crippen LogP contribution < -0.4 is 5.32 Å². The lowest BCUT2D eigenvalue weighted by molar-refractivity contribution is 0.193. The Morgan fingerprint density at radius 2 is 2.00 bits per heavy atom. The van der Waals surface area contributed by atoms with Crippen molar-refractivity contribution in [2.45, 2.75) is 31.6 Å². The Labute approximate surface area is 137 Å². The summed E-state index contributed by atoms with van der Waals surface area (Å²) in [6, 6.07) is 6.78. The zero-order valence-electron chi connectivity index (χ0n) is 13.6. The molecule has 2 amide bonds. The van der Waals surface area contributed by atoms with Gasteiger partial charge in [-0.1, -0.05) is 23.7 Å². The van der Waals surface area contributed by atoms with Crippen LogP contribution in [-0.2, 0) is 9.84 Å². The van der Waals surface area contributed by atoms with Crippen LogP contribution in [0.5, 0.6) is 0 Å². The van der Waals surface area contributed by atoms with Gasteiger partial charge >= 0.3 is 6.03 Å². The Balaban J connectivity index is 2.74. The number of carbonyl (C=O) groups is 1. The van der Waals surface area contributed by atoms with E-state index in [9.17, 15) is 13.2 Å². The highest BCUT2D eigenvalue weighted by Gasteiger charge is 2.31. The van der Waals surface area contributed by atoms with Crippen molar-refractivity contribution in [3.63, 3.8) is 0 Å². The SMILES string of the molecule is C[C@@H](c1cccc(Cl)c1)N(C)C(=O)NCC(C)(C)S(C)(=O)=O. The van der Waals surface area contributed by atoms with E-state index in [2.05, 4.69) is 5.32 Å². The highest BCUT2D eigenvalue weighted by atomic mass is 35.5. The number of benzene rings is 1. The van der Waals surface area contributed by atoms with Crippen LogP contribution in [0, 0.1) is 0 Å². The van der Waals surface area contributed by atoms with Crippen molar-refractivity contribution < 1.29 is 13.2 Å². The zero-order valence-corrected chi connectivity index (χ0v) is 15.1. The monoisotopic (exact) mass is 346 g/mol. The van der Waals surface area contributed by atoms with E-state index in [0.717, 1.165) is 11.8 Å². The molecule has 0 spiro atoms. The second-order valence-electron chi connectivity index (χ2n) is 6.03. The van der Waals surface area contributed by atoms with Gasteiger partial charge in [-0.05, 0) is 38.5 Å². The molecule has 0 aliphatic heterocycles. The number of carbonyl (C=O) groups excluding carboxylic acids is 1. The van der Waals surface area contributed by atoms with Gasteiger partial charge < -0.3 is 10.2 Å². The van der Waals surface area contributed by atoms with Gasteiger partial charge in [-0.25, -0.2) is 13.2 Å². The molecule has 0 radical (unpaired) electrons. The summed E-state index contributed by atoms with van der Waals surface area (Å²) >= 11 is 5.96. The smallest absolute Gasteiger partial charge is 0.317 e. The molecule has 0 heterocycles. The molecule has 7 heteroatoms. The number of amides is 2. The topological polar surface area (TPSA) is 66.5 Å². The Morgan fingerprint density at radius 3 is 2.50 bits per heavy atom. The van der Waals surface area contributed by atoms with Crippen LogP contribution in [0.2, 0.25) is 5.02 Å². The summed E-state index contributed by atoms with van der Waals surface area (Å²) in [5, 5.41) is 3.28. The fraction of sp³-hybridized carbons (Fsp3) is 0.533. The van der Waals surface area contributed by atoms with E-state index in [1.807, 2.05) is 19.1 Å². The average Bonchev–Trinajstić information content (AvgIpc) is 2.42. The maximum Gasteiger partial charge on any atom is 0.317 e. The summed E-state index contributed by atoms with van der Waals surface area (Å²) in [5.74, 6) is 0. The van der Waals surface area contributed by atoms with Gasteiger partial charge in [-0.3, -0.25) is 0 Å². The normalized spacial score (nSPS) is 13.5. The Kier molecular flexibility index (Phi) is 5.87. The van der Waals surface area contributed by atoms with Crippen molar-refractivity contribution >= 4 is 27.5 Å². The third-order valence-electron chi connectivity index (χ3n) is 3.90. The van der Waals surface area contributed by atoms with E-state index in [1.165, 1.54) is 4.90 Å². The number of sulfone groups is 1. The minimum absolute atomic E-state index is 0.0528. The molecule has 1 N–H and O–H groups in total. The first kappa shape index (κ1) is 18.8. The maximum absolute atomic E-state index is 12.2. The van der Waals surface area contributed by atoms with Gasteiger partial charge in [0.2, 0.25) is 0 Å². The van der Waals surface area contributed by atoms with Crippen LogP contribution in [-0.4, -0.2) is 43.9 Å². The summed E-state index contributed by atoms with van der Waals surface area (Å²) in [6.45, 7) is 5.11. The molecule has 0 saturated heterocycles. The van der Waals surface area contributed by atoms with Crippen molar-refractivity contribution in [3.05, 3.63) is 34.9 Å².